The fourth-order valence-corrected chi connectivity index (χ4v) is 3.22. The van der Waals surface area contributed by atoms with Crippen LogP contribution in [0.15, 0.2) is 24.3 Å². The van der Waals surface area contributed by atoms with Crippen LogP contribution in [0, 0.1) is 5.92 Å². The number of para-hydroxylation sites is 2. The van der Waals surface area contributed by atoms with Crippen LogP contribution in [0.4, 0.5) is 5.95 Å². The second kappa shape index (κ2) is 5.83. The van der Waals surface area contributed by atoms with Gasteiger partial charge in [0.1, 0.15) is 0 Å². The minimum Gasteiger partial charge on any atom is -0.353 e. The van der Waals surface area contributed by atoms with Crippen LogP contribution in [0.5, 0.6) is 0 Å². The van der Waals surface area contributed by atoms with E-state index in [1.165, 1.54) is 32.2 Å². The summed E-state index contributed by atoms with van der Waals surface area (Å²) < 4.78 is 0. The van der Waals surface area contributed by atoms with Gasteiger partial charge in [0.05, 0.1) is 11.0 Å². The molecule has 108 valence electrons. The van der Waals surface area contributed by atoms with E-state index in [1.54, 1.807) is 0 Å². The van der Waals surface area contributed by atoms with Gasteiger partial charge >= 0.3 is 0 Å². The molecule has 20 heavy (non-hydrogen) atoms. The topological polar surface area (TPSA) is 44.0 Å². The molecule has 1 saturated carbocycles. The number of nitrogens with zero attached hydrogens (tertiary/aromatic N) is 2. The number of fused-ring (bicyclic) bond motifs is 1. The number of H-pyrrole nitrogens is 1. The van der Waals surface area contributed by atoms with Crippen LogP contribution in [0.25, 0.3) is 11.0 Å². The second-order valence-corrected chi connectivity index (χ2v) is 6.23. The van der Waals surface area contributed by atoms with E-state index >= 15 is 0 Å². The Labute approximate surface area is 120 Å². The zero-order valence-corrected chi connectivity index (χ0v) is 12.4. The predicted molar refractivity (Wildman–Crippen MR) is 84.0 cm³/mol. The summed E-state index contributed by atoms with van der Waals surface area (Å²) in [7, 11) is 4.33. The van der Waals surface area contributed by atoms with Gasteiger partial charge in [-0.3, -0.25) is 0 Å². The van der Waals surface area contributed by atoms with Crippen molar-refractivity contribution in [3.05, 3.63) is 24.3 Å². The zero-order chi connectivity index (χ0) is 13.9. The van der Waals surface area contributed by atoms with Crippen LogP contribution in [-0.2, 0) is 0 Å². The molecule has 0 spiro atoms. The van der Waals surface area contributed by atoms with Crippen LogP contribution in [0.1, 0.15) is 25.7 Å². The van der Waals surface area contributed by atoms with Crippen molar-refractivity contribution in [1.29, 1.82) is 0 Å². The standard InChI is InChI=1S/C16H24N4/c1-20(2)11-12-7-9-13(10-8-12)17-16-18-14-5-3-4-6-15(14)19-16/h3-6,12-13H,7-11H2,1-2H3,(H2,17,18,19). The van der Waals surface area contributed by atoms with Gasteiger partial charge in [0.15, 0.2) is 0 Å². The first-order valence-electron chi connectivity index (χ1n) is 7.57. The Morgan fingerprint density at radius 2 is 1.95 bits per heavy atom. The molecule has 1 aliphatic rings. The highest BCUT2D eigenvalue weighted by Gasteiger charge is 2.22. The molecule has 0 aliphatic heterocycles. The SMILES string of the molecule is CN(C)CC1CCC(Nc2nc3ccccc3[nH]2)CC1. The Morgan fingerprint density at radius 1 is 1.20 bits per heavy atom. The maximum absolute atomic E-state index is 4.60. The summed E-state index contributed by atoms with van der Waals surface area (Å²) in [6, 6.07) is 8.75. The number of hydrogen-bond acceptors (Lipinski definition) is 3. The minimum absolute atomic E-state index is 0.564. The van der Waals surface area contributed by atoms with E-state index in [4.69, 9.17) is 0 Å². The van der Waals surface area contributed by atoms with E-state index in [2.05, 4.69) is 40.3 Å². The first kappa shape index (κ1) is 13.4. The van der Waals surface area contributed by atoms with E-state index in [0.29, 0.717) is 6.04 Å². The summed E-state index contributed by atoms with van der Waals surface area (Å²) in [5.41, 5.74) is 2.15. The molecule has 3 rings (SSSR count). The van der Waals surface area contributed by atoms with Crippen molar-refractivity contribution in [2.45, 2.75) is 31.7 Å². The maximum atomic E-state index is 4.60. The first-order valence-corrected chi connectivity index (χ1v) is 7.57. The van der Waals surface area contributed by atoms with Crippen molar-refractivity contribution in [1.82, 2.24) is 14.9 Å². The van der Waals surface area contributed by atoms with E-state index in [1.807, 2.05) is 18.2 Å². The number of anilines is 1. The lowest BCUT2D eigenvalue weighted by Gasteiger charge is -2.30. The van der Waals surface area contributed by atoms with Gasteiger partial charge in [-0.05, 0) is 57.8 Å². The smallest absolute Gasteiger partial charge is 0.201 e. The average Bonchev–Trinajstić information content (AvgIpc) is 2.82. The molecule has 0 bridgehead atoms. The number of rotatable bonds is 4. The highest BCUT2D eigenvalue weighted by molar-refractivity contribution is 5.77. The number of nitrogens with one attached hydrogen (secondary N) is 2. The third kappa shape index (κ3) is 3.12. The molecule has 0 radical (unpaired) electrons. The molecule has 1 aromatic carbocycles. The average molecular weight is 272 g/mol. The monoisotopic (exact) mass is 272 g/mol. The lowest BCUT2D eigenvalue weighted by molar-refractivity contribution is 0.255. The summed E-state index contributed by atoms with van der Waals surface area (Å²) in [4.78, 5) is 10.3. The highest BCUT2D eigenvalue weighted by Crippen LogP contribution is 2.26. The Kier molecular flexibility index (Phi) is 3.92. The van der Waals surface area contributed by atoms with Crippen molar-refractivity contribution in [3.8, 4) is 0 Å². The largest absolute Gasteiger partial charge is 0.353 e. The van der Waals surface area contributed by atoms with Crippen molar-refractivity contribution >= 4 is 17.0 Å². The molecule has 0 amide bonds. The fourth-order valence-electron chi connectivity index (χ4n) is 3.22. The Bertz CT molecular complexity index is 519. The van der Waals surface area contributed by atoms with Crippen LogP contribution in [0.3, 0.4) is 0 Å². The lowest BCUT2D eigenvalue weighted by atomic mass is 9.86. The second-order valence-electron chi connectivity index (χ2n) is 6.23. The van der Waals surface area contributed by atoms with Crippen molar-refractivity contribution < 1.29 is 0 Å². The molecule has 4 nitrogen and oxygen atoms in total. The molecular formula is C16H24N4. The van der Waals surface area contributed by atoms with Gasteiger partial charge in [0.25, 0.3) is 0 Å². The van der Waals surface area contributed by atoms with Gasteiger partial charge in [0, 0.05) is 12.6 Å². The predicted octanol–water partition coefficient (Wildman–Crippen LogP) is 3.10. The quantitative estimate of drug-likeness (QED) is 0.899. The number of benzene rings is 1. The van der Waals surface area contributed by atoms with E-state index < -0.39 is 0 Å². The molecule has 1 aliphatic carbocycles. The Hall–Kier alpha value is -1.55. The molecule has 0 unspecified atom stereocenters. The molecule has 0 saturated heterocycles. The van der Waals surface area contributed by atoms with E-state index in [-0.39, 0.29) is 0 Å². The molecule has 0 atom stereocenters. The lowest BCUT2D eigenvalue weighted by Crippen LogP contribution is -2.31. The summed E-state index contributed by atoms with van der Waals surface area (Å²) in [5, 5.41) is 3.56. The molecule has 1 fully saturated rings. The summed E-state index contributed by atoms with van der Waals surface area (Å²) in [5.74, 6) is 1.78. The Balaban J connectivity index is 1.56. The van der Waals surface area contributed by atoms with E-state index in [0.717, 1.165) is 22.9 Å². The third-order valence-corrected chi connectivity index (χ3v) is 4.20. The number of imidazole rings is 1. The van der Waals surface area contributed by atoms with E-state index in [9.17, 15) is 0 Å². The van der Waals surface area contributed by atoms with Crippen LogP contribution in [0.2, 0.25) is 0 Å². The number of hydrogen-bond donors (Lipinski definition) is 2. The molecule has 1 aromatic heterocycles. The van der Waals surface area contributed by atoms with Crippen molar-refractivity contribution in [2.24, 2.45) is 5.92 Å². The van der Waals surface area contributed by atoms with Gasteiger partial charge < -0.3 is 15.2 Å². The molecular weight excluding hydrogens is 248 g/mol. The van der Waals surface area contributed by atoms with Gasteiger partial charge in [-0.1, -0.05) is 12.1 Å². The van der Waals surface area contributed by atoms with Crippen LogP contribution >= 0.6 is 0 Å². The van der Waals surface area contributed by atoms with Gasteiger partial charge in [-0.15, -0.1) is 0 Å². The number of aromatic amines is 1. The summed E-state index contributed by atoms with van der Waals surface area (Å²) in [6.45, 7) is 1.22. The fraction of sp³-hybridized carbons (Fsp3) is 0.562. The molecule has 1 heterocycles. The molecule has 2 aromatic rings. The normalized spacial score (nSPS) is 23.4. The van der Waals surface area contributed by atoms with Crippen molar-refractivity contribution in [2.75, 3.05) is 26.0 Å². The number of aromatic nitrogens is 2. The van der Waals surface area contributed by atoms with Gasteiger partial charge in [0.2, 0.25) is 5.95 Å². The van der Waals surface area contributed by atoms with Gasteiger partial charge in [-0.25, -0.2) is 4.98 Å². The molecule has 4 heteroatoms. The minimum atomic E-state index is 0.564. The summed E-state index contributed by atoms with van der Waals surface area (Å²) in [6.07, 6.45) is 5.12. The first-order chi connectivity index (χ1) is 9.70. The van der Waals surface area contributed by atoms with Crippen LogP contribution < -0.4 is 5.32 Å². The maximum Gasteiger partial charge on any atom is 0.201 e. The van der Waals surface area contributed by atoms with Gasteiger partial charge in [-0.2, -0.15) is 0 Å². The summed E-state index contributed by atoms with van der Waals surface area (Å²) >= 11 is 0. The van der Waals surface area contributed by atoms with Crippen LogP contribution in [-0.4, -0.2) is 41.5 Å². The van der Waals surface area contributed by atoms with Crippen molar-refractivity contribution in [3.63, 3.8) is 0 Å². The molecule has 2 N–H and O–H groups in total. The zero-order valence-electron chi connectivity index (χ0n) is 12.4. The third-order valence-electron chi connectivity index (χ3n) is 4.20. The Morgan fingerprint density at radius 3 is 2.65 bits per heavy atom. The highest BCUT2D eigenvalue weighted by atomic mass is 15.1.